The molecular formula is C21H23ClN4O4. The molecule has 0 saturated carbocycles. The minimum Gasteiger partial charge on any atom is -0.469 e. The molecule has 0 fully saturated rings. The molecule has 1 aromatic carbocycles. The lowest BCUT2D eigenvalue weighted by molar-refractivity contribution is -0.140. The highest BCUT2D eigenvalue weighted by atomic mass is 35.5. The molecule has 0 unspecified atom stereocenters. The molecule has 1 aliphatic rings. The summed E-state index contributed by atoms with van der Waals surface area (Å²) < 4.78 is 4.76. The Labute approximate surface area is 179 Å². The number of rotatable bonds is 7. The van der Waals surface area contributed by atoms with E-state index in [4.69, 9.17) is 21.3 Å². The molecule has 0 spiro atoms. The van der Waals surface area contributed by atoms with Gasteiger partial charge in [0.15, 0.2) is 0 Å². The van der Waals surface area contributed by atoms with Gasteiger partial charge in [-0.25, -0.2) is 0 Å². The molecule has 2 aromatic rings. The van der Waals surface area contributed by atoms with E-state index in [0.29, 0.717) is 34.4 Å². The van der Waals surface area contributed by atoms with Crippen molar-refractivity contribution in [1.82, 2.24) is 4.98 Å². The summed E-state index contributed by atoms with van der Waals surface area (Å²) >= 11 is 6.25. The SMILES string of the molecule is COC(=O)CC[C@@H]1N=C(c2ccccn2)c2cc(Cl)ccc2NC1=NC(CO)CO. The Morgan fingerprint density at radius 1 is 1.30 bits per heavy atom. The predicted molar refractivity (Wildman–Crippen MR) is 115 cm³/mol. The van der Waals surface area contributed by atoms with Crippen molar-refractivity contribution in [2.75, 3.05) is 25.6 Å². The number of amidine groups is 1. The van der Waals surface area contributed by atoms with Gasteiger partial charge in [0.05, 0.1) is 37.8 Å². The molecule has 1 aromatic heterocycles. The van der Waals surface area contributed by atoms with Crippen molar-refractivity contribution < 1.29 is 19.7 Å². The summed E-state index contributed by atoms with van der Waals surface area (Å²) in [4.78, 5) is 25.5. The van der Waals surface area contributed by atoms with Gasteiger partial charge in [0.25, 0.3) is 0 Å². The van der Waals surface area contributed by atoms with Gasteiger partial charge in [-0.2, -0.15) is 0 Å². The lowest BCUT2D eigenvalue weighted by Gasteiger charge is -2.17. The number of carbonyl (C=O) groups excluding carboxylic acids is 1. The zero-order valence-electron chi connectivity index (χ0n) is 16.5. The van der Waals surface area contributed by atoms with Crippen molar-refractivity contribution in [1.29, 1.82) is 0 Å². The van der Waals surface area contributed by atoms with Crippen LogP contribution >= 0.6 is 11.6 Å². The summed E-state index contributed by atoms with van der Waals surface area (Å²) in [5.74, 6) is 0.0658. The number of hydrogen-bond acceptors (Lipinski definition) is 7. The molecule has 0 bridgehead atoms. The third-order valence-electron chi connectivity index (χ3n) is 4.60. The third kappa shape index (κ3) is 5.21. The van der Waals surface area contributed by atoms with Gasteiger partial charge in [-0.3, -0.25) is 19.8 Å². The van der Waals surface area contributed by atoms with Crippen LogP contribution < -0.4 is 5.32 Å². The van der Waals surface area contributed by atoms with Crippen LogP contribution in [-0.4, -0.2) is 65.1 Å². The maximum atomic E-state index is 11.8. The molecule has 0 radical (unpaired) electrons. The first-order valence-electron chi connectivity index (χ1n) is 9.48. The van der Waals surface area contributed by atoms with E-state index in [0.717, 1.165) is 5.56 Å². The van der Waals surface area contributed by atoms with E-state index < -0.39 is 12.1 Å². The Kier molecular flexibility index (Phi) is 7.51. The average molecular weight is 431 g/mol. The number of benzodiazepines with no additional fused rings is 1. The predicted octanol–water partition coefficient (Wildman–Crippen LogP) is 2.07. The summed E-state index contributed by atoms with van der Waals surface area (Å²) in [5, 5.41) is 22.8. The number of aromatic nitrogens is 1. The van der Waals surface area contributed by atoms with Crippen molar-refractivity contribution in [2.24, 2.45) is 9.98 Å². The minimum atomic E-state index is -0.713. The number of aliphatic hydroxyl groups excluding tert-OH is 2. The lowest BCUT2D eigenvalue weighted by Crippen LogP contribution is -2.30. The summed E-state index contributed by atoms with van der Waals surface area (Å²) in [5.41, 5.74) is 2.69. The summed E-state index contributed by atoms with van der Waals surface area (Å²) in [6, 6.07) is 9.59. The summed E-state index contributed by atoms with van der Waals surface area (Å²) in [7, 11) is 1.33. The molecule has 2 heterocycles. The Morgan fingerprint density at radius 2 is 2.10 bits per heavy atom. The number of anilines is 1. The number of nitrogens with one attached hydrogen (secondary N) is 1. The number of methoxy groups -OCH3 is 1. The molecule has 1 atom stereocenters. The molecule has 0 saturated heterocycles. The molecule has 3 N–H and O–H groups in total. The van der Waals surface area contributed by atoms with E-state index in [9.17, 15) is 15.0 Å². The molecule has 30 heavy (non-hydrogen) atoms. The Morgan fingerprint density at radius 3 is 2.77 bits per heavy atom. The van der Waals surface area contributed by atoms with Gasteiger partial charge in [0.1, 0.15) is 11.9 Å². The van der Waals surface area contributed by atoms with Crippen LogP contribution in [0.1, 0.15) is 24.1 Å². The largest absolute Gasteiger partial charge is 0.469 e. The number of aliphatic imine (C=N–C) groups is 2. The molecule has 9 heteroatoms. The maximum Gasteiger partial charge on any atom is 0.305 e. The molecular weight excluding hydrogens is 408 g/mol. The van der Waals surface area contributed by atoms with Gasteiger partial charge in [-0.05, 0) is 36.8 Å². The lowest BCUT2D eigenvalue weighted by atomic mass is 10.0. The third-order valence-corrected chi connectivity index (χ3v) is 4.84. The highest BCUT2D eigenvalue weighted by molar-refractivity contribution is 6.32. The number of esters is 1. The van der Waals surface area contributed by atoms with Crippen molar-refractivity contribution in [3.05, 3.63) is 58.9 Å². The summed E-state index contributed by atoms with van der Waals surface area (Å²) in [6.45, 7) is -0.647. The molecule has 1 aliphatic heterocycles. The molecule has 8 nitrogen and oxygen atoms in total. The molecule has 0 aliphatic carbocycles. The van der Waals surface area contributed by atoms with E-state index in [2.05, 4.69) is 15.3 Å². The zero-order valence-corrected chi connectivity index (χ0v) is 17.2. The van der Waals surface area contributed by atoms with E-state index in [-0.39, 0.29) is 25.6 Å². The number of nitrogens with zero attached hydrogens (tertiary/aromatic N) is 3. The Bertz CT molecular complexity index is 945. The van der Waals surface area contributed by atoms with Crippen molar-refractivity contribution in [3.63, 3.8) is 0 Å². The van der Waals surface area contributed by atoms with Gasteiger partial charge < -0.3 is 20.3 Å². The molecule has 3 rings (SSSR count). The number of carbonyl (C=O) groups is 1. The molecule has 158 valence electrons. The van der Waals surface area contributed by atoms with Crippen molar-refractivity contribution in [2.45, 2.75) is 24.9 Å². The van der Waals surface area contributed by atoms with E-state index in [1.807, 2.05) is 18.2 Å². The monoisotopic (exact) mass is 430 g/mol. The van der Waals surface area contributed by atoms with Crippen LogP contribution in [0.2, 0.25) is 5.02 Å². The zero-order chi connectivity index (χ0) is 21.5. The van der Waals surface area contributed by atoms with Crippen molar-refractivity contribution >= 4 is 34.8 Å². The molecule has 0 amide bonds. The number of hydrogen-bond donors (Lipinski definition) is 3. The van der Waals surface area contributed by atoms with Gasteiger partial charge in [0.2, 0.25) is 0 Å². The highest BCUT2D eigenvalue weighted by Gasteiger charge is 2.26. The smallest absolute Gasteiger partial charge is 0.305 e. The van der Waals surface area contributed by atoms with Crippen molar-refractivity contribution in [3.8, 4) is 0 Å². The topological polar surface area (TPSA) is 116 Å². The normalized spacial score (nSPS) is 17.2. The second-order valence-electron chi connectivity index (χ2n) is 6.67. The van der Waals surface area contributed by atoms with Gasteiger partial charge >= 0.3 is 5.97 Å². The van der Waals surface area contributed by atoms with Crippen LogP contribution in [0.4, 0.5) is 5.69 Å². The van der Waals surface area contributed by atoms with Crippen LogP contribution in [0.25, 0.3) is 0 Å². The second-order valence-corrected chi connectivity index (χ2v) is 7.11. The fourth-order valence-corrected chi connectivity index (χ4v) is 3.22. The highest BCUT2D eigenvalue weighted by Crippen LogP contribution is 2.28. The number of fused-ring (bicyclic) bond motifs is 1. The number of halogens is 1. The van der Waals surface area contributed by atoms with E-state index in [1.165, 1.54) is 7.11 Å². The second kappa shape index (κ2) is 10.3. The van der Waals surface area contributed by atoms with Gasteiger partial charge in [-0.15, -0.1) is 0 Å². The Balaban J connectivity index is 2.14. The van der Waals surface area contributed by atoms with Crippen LogP contribution in [0.15, 0.2) is 52.6 Å². The van der Waals surface area contributed by atoms with E-state index >= 15 is 0 Å². The van der Waals surface area contributed by atoms with Crippen LogP contribution in [-0.2, 0) is 9.53 Å². The first kappa shape index (κ1) is 21.9. The first-order valence-corrected chi connectivity index (χ1v) is 9.85. The standard InChI is InChI=1S/C21H23ClN4O4/c1-30-19(29)8-7-18-21(24-14(11-27)12-28)26-16-6-5-13(22)10-15(16)20(25-18)17-4-2-3-9-23-17/h2-6,9-10,14,18,27-28H,7-8,11-12H2,1H3,(H,24,26)/t18-/m0/s1. The fraction of sp³-hybridized carbons (Fsp3) is 0.333. The van der Waals surface area contributed by atoms with Gasteiger partial charge in [0, 0.05) is 28.9 Å². The Hall–Kier alpha value is -2.81. The first-order chi connectivity index (χ1) is 14.5. The quantitative estimate of drug-likeness (QED) is 0.579. The average Bonchev–Trinajstić information content (AvgIpc) is 2.92. The van der Waals surface area contributed by atoms with E-state index in [1.54, 1.807) is 24.4 Å². The minimum absolute atomic E-state index is 0.126. The number of benzene rings is 1. The van der Waals surface area contributed by atoms with Crippen LogP contribution in [0.5, 0.6) is 0 Å². The number of pyridine rings is 1. The number of ether oxygens (including phenoxy) is 1. The van der Waals surface area contributed by atoms with Crippen LogP contribution in [0.3, 0.4) is 0 Å². The maximum absolute atomic E-state index is 11.8. The van der Waals surface area contributed by atoms with Crippen LogP contribution in [0, 0.1) is 0 Å². The number of aliphatic hydroxyl groups is 2. The summed E-state index contributed by atoms with van der Waals surface area (Å²) in [6.07, 6.45) is 2.12. The fourth-order valence-electron chi connectivity index (χ4n) is 3.05. The van der Waals surface area contributed by atoms with Gasteiger partial charge in [-0.1, -0.05) is 17.7 Å².